The molecule has 1 aromatic heterocycles. The lowest BCUT2D eigenvalue weighted by molar-refractivity contribution is -0.132. The molecule has 0 radical (unpaired) electrons. The second-order valence-corrected chi connectivity index (χ2v) is 10.5. The molecule has 13 nitrogen and oxygen atoms in total. The van der Waals surface area contributed by atoms with Crippen molar-refractivity contribution in [2.45, 2.75) is 45.5 Å². The lowest BCUT2D eigenvalue weighted by Gasteiger charge is -2.24. The number of carbonyl (C=O) groups excluding carboxylic acids is 4. The Hall–Kier alpha value is -5.48. The number of hydrogen-bond donors (Lipinski definition) is 4. The summed E-state index contributed by atoms with van der Waals surface area (Å²) in [6.07, 6.45) is 0.121. The molecule has 4 N–H and O–H groups in total. The Morgan fingerprint density at radius 2 is 1.71 bits per heavy atom. The van der Waals surface area contributed by atoms with E-state index in [9.17, 15) is 29.5 Å². The van der Waals surface area contributed by atoms with Crippen molar-refractivity contribution in [2.24, 2.45) is 0 Å². The Kier molecular flexibility index (Phi) is 12.0. The lowest BCUT2D eigenvalue weighted by Crippen LogP contribution is -2.58. The van der Waals surface area contributed by atoms with Gasteiger partial charge >= 0.3 is 0 Å². The summed E-state index contributed by atoms with van der Waals surface area (Å²) in [6, 6.07) is 14.6. The number of nitrogens with zero attached hydrogens (tertiary/aromatic N) is 3. The predicted octanol–water partition coefficient (Wildman–Crippen LogP) is 1.65. The van der Waals surface area contributed by atoms with Crippen LogP contribution < -0.4 is 20.7 Å². The van der Waals surface area contributed by atoms with Gasteiger partial charge in [0.1, 0.15) is 41.8 Å². The van der Waals surface area contributed by atoms with Crippen LogP contribution in [-0.2, 0) is 20.9 Å². The van der Waals surface area contributed by atoms with Gasteiger partial charge in [0.15, 0.2) is 5.69 Å². The SMILES string of the molecule is Cc1ccc(CNC(=O)[C@H](COc2ccc(/C=C(\C#N)C(=O)N(C)C)cc2)NC(=O)[C@@H](NC(=O)c2cc(C)on2)[C@@H](C)O)cc1. The van der Waals surface area contributed by atoms with Crippen LogP contribution in [0.3, 0.4) is 0 Å². The number of likely N-dealkylation sites (N-methyl/N-ethyl adjacent to an activating group) is 1. The molecule has 4 amide bonds. The minimum Gasteiger partial charge on any atom is -0.491 e. The van der Waals surface area contributed by atoms with Gasteiger partial charge in [0, 0.05) is 26.7 Å². The zero-order valence-corrected chi connectivity index (χ0v) is 25.7. The highest BCUT2D eigenvalue weighted by atomic mass is 16.5. The van der Waals surface area contributed by atoms with E-state index >= 15 is 0 Å². The zero-order valence-electron chi connectivity index (χ0n) is 25.7. The molecule has 1 heterocycles. The molecule has 3 aromatic rings. The van der Waals surface area contributed by atoms with E-state index in [0.717, 1.165) is 11.1 Å². The van der Waals surface area contributed by atoms with E-state index < -0.39 is 41.8 Å². The predicted molar refractivity (Wildman–Crippen MR) is 163 cm³/mol. The third-order valence-corrected chi connectivity index (χ3v) is 6.50. The van der Waals surface area contributed by atoms with Crippen LogP contribution in [0.5, 0.6) is 5.75 Å². The molecule has 236 valence electrons. The van der Waals surface area contributed by atoms with Crippen LogP contribution in [-0.4, -0.2) is 77.7 Å². The van der Waals surface area contributed by atoms with E-state index in [2.05, 4.69) is 21.1 Å². The van der Waals surface area contributed by atoms with Crippen molar-refractivity contribution >= 4 is 29.7 Å². The smallest absolute Gasteiger partial charge is 0.274 e. The second-order valence-electron chi connectivity index (χ2n) is 10.5. The molecule has 2 aromatic carbocycles. The summed E-state index contributed by atoms with van der Waals surface area (Å²) >= 11 is 0. The zero-order chi connectivity index (χ0) is 33.1. The minimum absolute atomic E-state index is 0.0415. The molecular weight excluding hydrogens is 580 g/mol. The van der Waals surface area contributed by atoms with Crippen LogP contribution in [0, 0.1) is 25.2 Å². The van der Waals surface area contributed by atoms with Crippen molar-refractivity contribution < 1.29 is 33.5 Å². The van der Waals surface area contributed by atoms with Crippen molar-refractivity contribution in [3.63, 3.8) is 0 Å². The fraction of sp³-hybridized carbons (Fsp3) is 0.312. The molecule has 0 spiro atoms. The Bertz CT molecular complexity index is 1570. The number of benzene rings is 2. The Labute approximate surface area is 260 Å². The van der Waals surface area contributed by atoms with E-state index in [4.69, 9.17) is 9.26 Å². The number of aryl methyl sites for hydroxylation is 2. The lowest BCUT2D eigenvalue weighted by atomic mass is 10.1. The fourth-order valence-electron chi connectivity index (χ4n) is 3.95. The first-order chi connectivity index (χ1) is 21.4. The van der Waals surface area contributed by atoms with Crippen molar-refractivity contribution in [3.8, 4) is 11.8 Å². The van der Waals surface area contributed by atoms with Crippen molar-refractivity contribution in [3.05, 3.63) is 88.3 Å². The molecule has 0 bridgehead atoms. The van der Waals surface area contributed by atoms with Gasteiger partial charge in [-0.25, -0.2) is 0 Å². The van der Waals surface area contributed by atoms with Gasteiger partial charge in [0.2, 0.25) is 11.8 Å². The van der Waals surface area contributed by atoms with Gasteiger partial charge < -0.3 is 35.2 Å². The third-order valence-electron chi connectivity index (χ3n) is 6.50. The number of aromatic nitrogens is 1. The average molecular weight is 617 g/mol. The summed E-state index contributed by atoms with van der Waals surface area (Å²) in [5.74, 6) is -1.84. The van der Waals surface area contributed by atoms with Gasteiger partial charge in [-0.1, -0.05) is 47.1 Å². The van der Waals surface area contributed by atoms with Crippen LogP contribution in [0.1, 0.15) is 39.9 Å². The van der Waals surface area contributed by atoms with Gasteiger partial charge in [0.25, 0.3) is 11.8 Å². The summed E-state index contributed by atoms with van der Waals surface area (Å²) in [5.41, 5.74) is 2.36. The van der Waals surface area contributed by atoms with Crippen molar-refractivity contribution in [1.82, 2.24) is 26.0 Å². The first-order valence-electron chi connectivity index (χ1n) is 14.0. The molecule has 3 rings (SSSR count). The molecule has 13 heteroatoms. The Balaban J connectivity index is 1.75. The maximum Gasteiger partial charge on any atom is 0.274 e. The maximum atomic E-state index is 13.3. The van der Waals surface area contributed by atoms with Crippen molar-refractivity contribution in [2.75, 3.05) is 20.7 Å². The van der Waals surface area contributed by atoms with Crippen molar-refractivity contribution in [1.29, 1.82) is 5.26 Å². The average Bonchev–Trinajstić information content (AvgIpc) is 3.46. The van der Waals surface area contributed by atoms with Gasteiger partial charge in [-0.15, -0.1) is 0 Å². The van der Waals surface area contributed by atoms with E-state index in [-0.39, 0.29) is 24.4 Å². The minimum atomic E-state index is -1.42. The number of ether oxygens (including phenoxy) is 1. The largest absolute Gasteiger partial charge is 0.491 e. The standard InChI is InChI=1S/C32H36N6O7/c1-19-6-8-23(9-7-19)17-34-29(40)27(35-31(42)28(21(3)39)36-30(41)26-14-20(2)45-37-26)18-44-25-12-10-22(11-13-25)15-24(16-33)32(43)38(4)5/h6-15,21,27-28,39H,17-18H2,1-5H3,(H,34,40)(H,35,42)(H,36,41)/b24-15+/t21-,27+,28+/m1/s1. The summed E-state index contributed by atoms with van der Waals surface area (Å²) in [6.45, 7) is 4.75. The fourth-order valence-corrected chi connectivity index (χ4v) is 3.95. The molecule has 0 fully saturated rings. The number of aliphatic hydroxyl groups excluding tert-OH is 1. The normalized spacial score (nSPS) is 13.0. The molecule has 0 aliphatic rings. The topological polar surface area (TPSA) is 187 Å². The number of rotatable bonds is 13. The molecule has 0 unspecified atom stereocenters. The molecule has 0 aliphatic carbocycles. The van der Waals surface area contributed by atoms with E-state index in [1.807, 2.05) is 37.3 Å². The van der Waals surface area contributed by atoms with E-state index in [1.165, 1.54) is 24.0 Å². The third kappa shape index (κ3) is 10.0. The van der Waals surface area contributed by atoms with Crippen LogP contribution in [0.25, 0.3) is 6.08 Å². The van der Waals surface area contributed by atoms with Crippen LogP contribution in [0.4, 0.5) is 0 Å². The number of carbonyl (C=O) groups is 4. The highest BCUT2D eigenvalue weighted by Gasteiger charge is 2.31. The van der Waals surface area contributed by atoms with Gasteiger partial charge in [-0.3, -0.25) is 19.2 Å². The number of nitrogens with one attached hydrogen (secondary N) is 3. The quantitative estimate of drug-likeness (QED) is 0.164. The number of amides is 4. The number of hydrogen-bond acceptors (Lipinski definition) is 9. The summed E-state index contributed by atoms with van der Waals surface area (Å²) in [7, 11) is 3.09. The molecule has 45 heavy (non-hydrogen) atoms. The summed E-state index contributed by atoms with van der Waals surface area (Å²) < 4.78 is 10.7. The maximum absolute atomic E-state index is 13.3. The molecule has 0 aliphatic heterocycles. The van der Waals surface area contributed by atoms with Gasteiger partial charge in [-0.05, 0) is 50.1 Å². The first-order valence-corrected chi connectivity index (χ1v) is 14.0. The highest BCUT2D eigenvalue weighted by Crippen LogP contribution is 2.16. The van der Waals surface area contributed by atoms with Crippen LogP contribution in [0.15, 0.2) is 64.7 Å². The number of nitriles is 1. The van der Waals surface area contributed by atoms with Gasteiger partial charge in [0.05, 0.1) is 6.10 Å². The second kappa shape index (κ2) is 15.8. The Morgan fingerprint density at radius 1 is 1.04 bits per heavy atom. The molecule has 0 saturated carbocycles. The first kappa shape index (κ1) is 34.0. The monoisotopic (exact) mass is 616 g/mol. The van der Waals surface area contributed by atoms with Crippen LogP contribution >= 0.6 is 0 Å². The molecule has 3 atom stereocenters. The number of aliphatic hydroxyl groups is 1. The Morgan fingerprint density at radius 3 is 2.27 bits per heavy atom. The molecular formula is C32H36N6O7. The van der Waals surface area contributed by atoms with E-state index in [0.29, 0.717) is 17.1 Å². The summed E-state index contributed by atoms with van der Waals surface area (Å²) in [5, 5.41) is 31.0. The highest BCUT2D eigenvalue weighted by molar-refractivity contribution is 6.01. The molecule has 0 saturated heterocycles. The van der Waals surface area contributed by atoms with Crippen LogP contribution in [0.2, 0.25) is 0 Å². The summed E-state index contributed by atoms with van der Waals surface area (Å²) in [4.78, 5) is 52.5. The van der Waals surface area contributed by atoms with E-state index in [1.54, 1.807) is 45.3 Å². The van der Waals surface area contributed by atoms with Gasteiger partial charge in [-0.2, -0.15) is 5.26 Å².